The average molecular weight is 328 g/mol. The normalized spacial score (nSPS) is 12.2. The molecule has 0 fully saturated rings. The van der Waals surface area contributed by atoms with Crippen LogP contribution in [-0.4, -0.2) is 37.7 Å². The molecule has 1 aromatic rings. The van der Waals surface area contributed by atoms with Gasteiger partial charge in [0, 0.05) is 13.1 Å². The van der Waals surface area contributed by atoms with Crippen molar-refractivity contribution in [1.82, 2.24) is 9.71 Å². The van der Waals surface area contributed by atoms with Gasteiger partial charge in [0.2, 0.25) is 10.0 Å². The van der Waals surface area contributed by atoms with Gasteiger partial charge in [0.1, 0.15) is 17.6 Å². The summed E-state index contributed by atoms with van der Waals surface area (Å²) >= 11 is 0. The van der Waals surface area contributed by atoms with Gasteiger partial charge >= 0.3 is 11.9 Å². The first-order valence-corrected chi connectivity index (χ1v) is 7.30. The van der Waals surface area contributed by atoms with Gasteiger partial charge in [-0.25, -0.2) is 18.1 Å². The average Bonchev–Trinajstić information content (AvgIpc) is 2.32. The summed E-state index contributed by atoms with van der Waals surface area (Å²) in [7, 11) is -3.45. The van der Waals surface area contributed by atoms with Crippen molar-refractivity contribution in [2.24, 2.45) is 0 Å². The van der Waals surface area contributed by atoms with Crippen molar-refractivity contribution in [3.05, 3.63) is 28.1 Å². The fourth-order valence-corrected chi connectivity index (χ4v) is 1.80. The Labute approximate surface area is 117 Å². The molecule has 0 aliphatic heterocycles. The number of hydrogen-bond acceptors (Lipinski definition) is 6. The number of halogens is 3. The molecule has 0 aromatic carbocycles. The fraction of sp³-hybridized carbons (Fsp3) is 0.444. The van der Waals surface area contributed by atoms with Gasteiger partial charge in [-0.2, -0.15) is 13.2 Å². The van der Waals surface area contributed by atoms with Crippen LogP contribution in [0.25, 0.3) is 0 Å². The van der Waals surface area contributed by atoms with Crippen LogP contribution in [0.2, 0.25) is 0 Å². The molecule has 0 aliphatic carbocycles. The first-order chi connectivity index (χ1) is 9.50. The summed E-state index contributed by atoms with van der Waals surface area (Å²) in [5, 5.41) is 13.1. The highest BCUT2D eigenvalue weighted by molar-refractivity contribution is 7.88. The molecule has 0 unspecified atom stereocenters. The first-order valence-electron chi connectivity index (χ1n) is 5.41. The van der Waals surface area contributed by atoms with Gasteiger partial charge in [-0.05, 0) is 6.07 Å². The topological polar surface area (TPSA) is 114 Å². The summed E-state index contributed by atoms with van der Waals surface area (Å²) in [4.78, 5) is 12.8. The maximum absolute atomic E-state index is 12.5. The van der Waals surface area contributed by atoms with Crippen molar-refractivity contribution in [2.75, 3.05) is 24.7 Å². The number of nitrogens with one attached hydrogen (secondary N) is 2. The maximum atomic E-state index is 12.5. The summed E-state index contributed by atoms with van der Waals surface area (Å²) in [6.07, 6.45) is -3.34. The van der Waals surface area contributed by atoms with Crippen molar-refractivity contribution >= 4 is 21.4 Å². The van der Waals surface area contributed by atoms with E-state index in [1.165, 1.54) is 0 Å². The minimum Gasteiger partial charge on any atom is -0.378 e. The second kappa shape index (κ2) is 6.22. The molecule has 0 bridgehead atoms. The lowest BCUT2D eigenvalue weighted by Gasteiger charge is -2.10. The molecule has 12 heteroatoms. The summed E-state index contributed by atoms with van der Waals surface area (Å²) < 4.78 is 61.2. The van der Waals surface area contributed by atoms with Crippen molar-refractivity contribution in [1.29, 1.82) is 0 Å². The lowest BCUT2D eigenvalue weighted by molar-refractivity contribution is -0.384. The van der Waals surface area contributed by atoms with Crippen molar-refractivity contribution < 1.29 is 26.5 Å². The first kappa shape index (κ1) is 17.1. The maximum Gasteiger partial charge on any atom is 0.433 e. The molecule has 0 saturated heterocycles. The van der Waals surface area contributed by atoms with E-state index in [0.717, 1.165) is 6.26 Å². The van der Waals surface area contributed by atoms with Crippen LogP contribution in [-0.2, 0) is 16.2 Å². The zero-order valence-corrected chi connectivity index (χ0v) is 11.5. The van der Waals surface area contributed by atoms with Crippen LogP contribution in [0, 0.1) is 10.1 Å². The highest BCUT2D eigenvalue weighted by Crippen LogP contribution is 2.32. The zero-order chi connectivity index (χ0) is 16.3. The van der Waals surface area contributed by atoms with E-state index in [-0.39, 0.29) is 13.1 Å². The largest absolute Gasteiger partial charge is 0.433 e. The van der Waals surface area contributed by atoms with E-state index in [2.05, 4.69) is 15.0 Å². The second-order valence-corrected chi connectivity index (χ2v) is 5.77. The number of rotatable bonds is 6. The zero-order valence-electron chi connectivity index (χ0n) is 10.6. The van der Waals surface area contributed by atoms with Gasteiger partial charge in [-0.15, -0.1) is 0 Å². The highest BCUT2D eigenvalue weighted by Gasteiger charge is 2.34. The lowest BCUT2D eigenvalue weighted by atomic mass is 10.2. The molecule has 1 heterocycles. The predicted molar refractivity (Wildman–Crippen MR) is 67.2 cm³/mol. The molecule has 1 aromatic heterocycles. The van der Waals surface area contributed by atoms with Crippen molar-refractivity contribution in [3.8, 4) is 0 Å². The minimum atomic E-state index is -4.74. The number of anilines is 1. The smallest absolute Gasteiger partial charge is 0.378 e. The van der Waals surface area contributed by atoms with Crippen LogP contribution in [0.15, 0.2) is 12.3 Å². The molecule has 0 aliphatic rings. The molecule has 2 N–H and O–H groups in total. The van der Waals surface area contributed by atoms with Crippen LogP contribution in [0.5, 0.6) is 0 Å². The van der Waals surface area contributed by atoms with Gasteiger partial charge < -0.3 is 5.32 Å². The fourth-order valence-electron chi connectivity index (χ4n) is 1.32. The summed E-state index contributed by atoms with van der Waals surface area (Å²) in [5.74, 6) is 0. The monoisotopic (exact) mass is 328 g/mol. The molecule has 21 heavy (non-hydrogen) atoms. The number of nitro groups is 1. The molecular formula is C9H11F3N4O4S. The van der Waals surface area contributed by atoms with E-state index >= 15 is 0 Å². The summed E-state index contributed by atoms with van der Waals surface area (Å²) in [6, 6.07) is 0.499. The number of alkyl halides is 3. The Balaban J connectivity index is 2.89. The molecule has 1 rings (SSSR count). The van der Waals surface area contributed by atoms with Crippen LogP contribution in [0.1, 0.15) is 5.69 Å². The quantitative estimate of drug-likeness (QED) is 0.457. The van der Waals surface area contributed by atoms with E-state index in [1.807, 2.05) is 0 Å². The molecule has 0 spiro atoms. The van der Waals surface area contributed by atoms with E-state index in [4.69, 9.17) is 0 Å². The Morgan fingerprint density at radius 1 is 1.38 bits per heavy atom. The number of pyridine rings is 1. The van der Waals surface area contributed by atoms with E-state index < -0.39 is 38.2 Å². The number of hydrogen-bond donors (Lipinski definition) is 2. The second-order valence-electron chi connectivity index (χ2n) is 3.93. The third-order valence-corrected chi connectivity index (χ3v) is 2.90. The number of nitrogens with zero attached hydrogens (tertiary/aromatic N) is 2. The summed E-state index contributed by atoms with van der Waals surface area (Å²) in [6.45, 7) is -0.269. The molecular weight excluding hydrogens is 317 g/mol. The minimum absolute atomic E-state index is 0.130. The predicted octanol–water partition coefficient (Wildman–Crippen LogP) is 0.970. The van der Waals surface area contributed by atoms with Crippen molar-refractivity contribution in [3.63, 3.8) is 0 Å². The van der Waals surface area contributed by atoms with Gasteiger partial charge in [-0.3, -0.25) is 10.1 Å². The van der Waals surface area contributed by atoms with E-state index in [0.29, 0.717) is 12.3 Å². The molecule has 0 amide bonds. The Hall–Kier alpha value is -1.95. The van der Waals surface area contributed by atoms with Gasteiger partial charge in [0.25, 0.3) is 0 Å². The Bertz CT molecular complexity index is 632. The Morgan fingerprint density at radius 3 is 2.48 bits per heavy atom. The molecule has 0 radical (unpaired) electrons. The van der Waals surface area contributed by atoms with Crippen LogP contribution >= 0.6 is 0 Å². The Kier molecular flexibility index (Phi) is 5.06. The van der Waals surface area contributed by atoms with E-state index in [1.54, 1.807) is 0 Å². The molecule has 118 valence electrons. The molecule has 0 saturated carbocycles. The summed E-state index contributed by atoms with van der Waals surface area (Å²) in [5.41, 5.74) is -2.31. The molecule has 8 nitrogen and oxygen atoms in total. The lowest BCUT2D eigenvalue weighted by Crippen LogP contribution is -2.27. The highest BCUT2D eigenvalue weighted by atomic mass is 32.2. The number of sulfonamides is 1. The SMILES string of the molecule is CS(=O)(=O)NCCNc1cc(C(F)(F)F)ncc1[N+](=O)[O-]. The standard InChI is InChI=1S/C9H11F3N4O4S/c1-21(19,20)15-3-2-13-6-4-8(9(10,11)12)14-5-7(6)16(17)18/h4-5,15H,2-3H2,1H3,(H,13,14). The van der Waals surface area contributed by atoms with Gasteiger partial charge in [0.05, 0.1) is 11.2 Å². The Morgan fingerprint density at radius 2 is 2.00 bits per heavy atom. The van der Waals surface area contributed by atoms with Gasteiger partial charge in [-0.1, -0.05) is 0 Å². The molecule has 0 atom stereocenters. The number of aromatic nitrogens is 1. The third kappa shape index (κ3) is 5.51. The van der Waals surface area contributed by atoms with E-state index in [9.17, 15) is 31.7 Å². The van der Waals surface area contributed by atoms with Crippen LogP contribution in [0.3, 0.4) is 0 Å². The van der Waals surface area contributed by atoms with Crippen LogP contribution < -0.4 is 10.0 Å². The third-order valence-electron chi connectivity index (χ3n) is 2.17. The van der Waals surface area contributed by atoms with Gasteiger partial charge in [0.15, 0.2) is 0 Å². The van der Waals surface area contributed by atoms with Crippen LogP contribution in [0.4, 0.5) is 24.5 Å². The van der Waals surface area contributed by atoms with Crippen molar-refractivity contribution in [2.45, 2.75) is 6.18 Å².